The predicted octanol–water partition coefficient (Wildman–Crippen LogP) is -5.30. The third-order valence-corrected chi connectivity index (χ3v) is 4.74. The number of fused-ring (bicyclic) bond motifs is 2. The van der Waals surface area contributed by atoms with Crippen LogP contribution in [-0.4, -0.2) is 31.4 Å². The molecule has 9 nitrogen and oxygen atoms in total. The van der Waals surface area contributed by atoms with Gasteiger partial charge < -0.3 is 38.0 Å². The van der Waals surface area contributed by atoms with Crippen LogP contribution in [0.5, 0.6) is 11.5 Å². The molecule has 1 saturated heterocycles. The zero-order chi connectivity index (χ0) is 19.2. The van der Waals surface area contributed by atoms with Crippen molar-refractivity contribution in [3.8, 4) is 11.5 Å². The van der Waals surface area contributed by atoms with Crippen molar-refractivity contribution in [1.29, 1.82) is 0 Å². The van der Waals surface area contributed by atoms with E-state index in [0.29, 0.717) is 32.0 Å². The summed E-state index contributed by atoms with van der Waals surface area (Å²) in [6.45, 7) is 2.26. The van der Waals surface area contributed by atoms with Gasteiger partial charge in [0, 0.05) is 30.9 Å². The van der Waals surface area contributed by atoms with Crippen LogP contribution in [0.2, 0.25) is 0 Å². The van der Waals surface area contributed by atoms with Crippen molar-refractivity contribution in [2.45, 2.75) is 0 Å². The molecule has 1 aromatic heterocycles. The molecule has 4 rings (SSSR count). The number of anilines is 1. The number of benzene rings is 2. The first-order valence-corrected chi connectivity index (χ1v) is 9.56. The zero-order valence-corrected chi connectivity index (χ0v) is 20.8. The predicted molar refractivity (Wildman–Crippen MR) is 92.9 cm³/mol. The van der Waals surface area contributed by atoms with Gasteiger partial charge in [0.2, 0.25) is 5.43 Å². The fraction of sp³-hybridized carbons (Fsp3) is 0.235. The summed E-state index contributed by atoms with van der Waals surface area (Å²) in [5.74, 6) is -0.634. The molecule has 2 heterocycles. The average molecular weight is 437 g/mol. The van der Waals surface area contributed by atoms with E-state index in [1.807, 2.05) is 4.90 Å². The molecule has 142 valence electrons. The van der Waals surface area contributed by atoms with E-state index in [0.717, 1.165) is 0 Å². The molecule has 0 spiro atoms. The van der Waals surface area contributed by atoms with Crippen LogP contribution in [0.1, 0.15) is 0 Å². The number of phenolic OH excluding ortho intramolecular Hbond substituents is 1. The fourth-order valence-corrected chi connectivity index (χ4v) is 3.52. The molecule has 12 heteroatoms. The van der Waals surface area contributed by atoms with Crippen molar-refractivity contribution in [3.63, 3.8) is 0 Å². The van der Waals surface area contributed by atoms with Crippen molar-refractivity contribution in [2.24, 2.45) is 0 Å². The Hall–Kier alpha value is -0.580. The summed E-state index contributed by atoms with van der Waals surface area (Å²) in [4.78, 5) is 36.7. The Morgan fingerprint density at radius 3 is 2.48 bits per heavy atom. The van der Waals surface area contributed by atoms with Gasteiger partial charge in [0.1, 0.15) is 24.5 Å². The minimum absolute atomic E-state index is 0. The Bertz CT molecular complexity index is 1140. The summed E-state index contributed by atoms with van der Waals surface area (Å²) < 4.78 is 26.4. The zero-order valence-electron chi connectivity index (χ0n) is 15.9. The summed E-state index contributed by atoms with van der Waals surface area (Å²) >= 11 is 0. The second kappa shape index (κ2) is 9.70. The minimum Gasteiger partial charge on any atom is -0.780 e. The molecule has 0 unspecified atom stereocenters. The van der Waals surface area contributed by atoms with E-state index in [1.54, 1.807) is 6.07 Å². The molecular formula is C17H14NNa2O8P. The van der Waals surface area contributed by atoms with Crippen LogP contribution in [-0.2, 0) is 9.30 Å². The van der Waals surface area contributed by atoms with Gasteiger partial charge in [-0.1, -0.05) is 6.07 Å². The third kappa shape index (κ3) is 5.19. The van der Waals surface area contributed by atoms with Gasteiger partial charge in [0.25, 0.3) is 0 Å². The molecular weight excluding hydrogens is 423 g/mol. The number of nitrogens with zero attached hydrogens (tertiary/aromatic N) is 1. The Labute approximate surface area is 209 Å². The molecule has 0 bridgehead atoms. The first-order chi connectivity index (χ1) is 12.8. The fourth-order valence-electron chi connectivity index (χ4n) is 3.14. The van der Waals surface area contributed by atoms with Gasteiger partial charge in [-0.05, 0) is 12.1 Å². The van der Waals surface area contributed by atoms with Crippen LogP contribution in [0.4, 0.5) is 5.69 Å². The van der Waals surface area contributed by atoms with Gasteiger partial charge in [-0.3, -0.25) is 4.79 Å². The van der Waals surface area contributed by atoms with Crippen molar-refractivity contribution in [2.75, 3.05) is 31.2 Å². The Kier molecular flexibility index (Phi) is 8.26. The van der Waals surface area contributed by atoms with E-state index in [1.165, 1.54) is 24.3 Å². The monoisotopic (exact) mass is 437 g/mol. The maximum absolute atomic E-state index is 12.8. The molecule has 1 fully saturated rings. The topological polar surface area (TPSA) is 135 Å². The van der Waals surface area contributed by atoms with Crippen LogP contribution in [0, 0.1) is 0 Å². The molecule has 29 heavy (non-hydrogen) atoms. The summed E-state index contributed by atoms with van der Waals surface area (Å²) in [5, 5.41) is 10.3. The molecule has 3 aromatic rings. The minimum atomic E-state index is -5.34. The van der Waals surface area contributed by atoms with E-state index in [4.69, 9.17) is 9.15 Å². The first-order valence-electron chi connectivity index (χ1n) is 8.10. The van der Waals surface area contributed by atoms with Crippen LogP contribution in [0.3, 0.4) is 0 Å². The molecule has 1 aliphatic rings. The molecule has 1 N–H and O–H groups in total. The summed E-state index contributed by atoms with van der Waals surface area (Å²) in [6.07, 6.45) is 0. The Morgan fingerprint density at radius 1 is 1.14 bits per heavy atom. The number of aromatic hydroxyl groups is 1. The van der Waals surface area contributed by atoms with E-state index in [9.17, 15) is 24.3 Å². The Morgan fingerprint density at radius 2 is 1.83 bits per heavy atom. The second-order valence-corrected chi connectivity index (χ2v) is 7.12. The molecule has 2 aromatic carbocycles. The SMILES string of the molecule is O=c1c2cccc(OP(=O)([O-])[O-])c2oc2cc(N3CCOCC3)cc(O)c12.[Na+].[Na+]. The number of phosphoric ester groups is 1. The number of para-hydroxylation sites is 1. The number of rotatable bonds is 3. The number of phenols is 1. The van der Waals surface area contributed by atoms with Gasteiger partial charge >= 0.3 is 59.1 Å². The second-order valence-electron chi connectivity index (χ2n) is 6.04. The van der Waals surface area contributed by atoms with Gasteiger partial charge in [0.15, 0.2) is 11.3 Å². The number of morpholine rings is 1. The molecule has 0 saturated carbocycles. The summed E-state index contributed by atoms with van der Waals surface area (Å²) in [7, 11) is -5.34. The van der Waals surface area contributed by atoms with E-state index < -0.39 is 13.3 Å². The van der Waals surface area contributed by atoms with Crippen molar-refractivity contribution < 1.29 is 92.3 Å². The van der Waals surface area contributed by atoms with Crippen molar-refractivity contribution in [3.05, 3.63) is 40.6 Å². The Balaban J connectivity index is 0.00000150. The van der Waals surface area contributed by atoms with Crippen LogP contribution in [0.15, 0.2) is 39.5 Å². The van der Waals surface area contributed by atoms with Crippen molar-refractivity contribution in [1.82, 2.24) is 0 Å². The van der Waals surface area contributed by atoms with Crippen LogP contribution in [0.25, 0.3) is 21.9 Å². The van der Waals surface area contributed by atoms with E-state index in [-0.39, 0.29) is 92.6 Å². The average Bonchev–Trinajstić information content (AvgIpc) is 2.61. The molecule has 0 amide bonds. The number of phosphoric acid groups is 1. The maximum Gasteiger partial charge on any atom is 1.00 e. The standard InChI is InChI=1S/C17H16NO8P.2Na/c19-12-8-10(18-4-6-24-7-5-18)9-14-15(12)16(20)11-2-1-3-13(17(11)25-14)26-27(21,22)23;;/h1-3,8-9,19H,4-7H2,(H2,21,22,23);;/q;2*+1/p-2. The molecule has 0 atom stereocenters. The number of hydrogen-bond acceptors (Lipinski definition) is 9. The normalized spacial score (nSPS) is 14.3. The molecule has 0 radical (unpaired) electrons. The van der Waals surface area contributed by atoms with Gasteiger partial charge in [0.05, 0.1) is 18.6 Å². The smallest absolute Gasteiger partial charge is 0.780 e. The van der Waals surface area contributed by atoms with E-state index >= 15 is 0 Å². The van der Waals surface area contributed by atoms with Crippen molar-refractivity contribution >= 4 is 35.4 Å². The largest absolute Gasteiger partial charge is 1.00 e. The molecule has 1 aliphatic heterocycles. The van der Waals surface area contributed by atoms with E-state index in [2.05, 4.69) is 4.52 Å². The van der Waals surface area contributed by atoms with Crippen LogP contribution >= 0.6 is 7.82 Å². The summed E-state index contributed by atoms with van der Waals surface area (Å²) in [6, 6.07) is 7.01. The van der Waals surface area contributed by atoms with Gasteiger partial charge in [-0.2, -0.15) is 0 Å². The van der Waals surface area contributed by atoms with Crippen LogP contribution < -0.4 is 83.8 Å². The maximum atomic E-state index is 12.8. The quantitative estimate of drug-likeness (QED) is 0.242. The summed E-state index contributed by atoms with van der Waals surface area (Å²) in [5.41, 5.74) is -0.0611. The number of ether oxygens (including phenoxy) is 1. The first kappa shape index (κ1) is 24.7. The van der Waals surface area contributed by atoms with Gasteiger partial charge in [-0.25, -0.2) is 0 Å². The molecule has 0 aliphatic carbocycles. The third-order valence-electron chi connectivity index (χ3n) is 4.32. The number of hydrogen-bond donors (Lipinski definition) is 1. The van der Waals surface area contributed by atoms with Gasteiger partial charge in [-0.15, -0.1) is 0 Å².